The number of Topliss-reactive ketones (excluding diaryl/α,β-unsaturated/α-hetero) is 1. The summed E-state index contributed by atoms with van der Waals surface area (Å²) in [6, 6.07) is 4.77. The number of aliphatic hydroxyl groups excluding tert-OH is 1. The van der Waals surface area contributed by atoms with E-state index in [1.54, 1.807) is 18.2 Å². The van der Waals surface area contributed by atoms with Crippen LogP contribution in [-0.4, -0.2) is 31.7 Å². The van der Waals surface area contributed by atoms with Gasteiger partial charge < -0.3 is 14.6 Å². The molecule has 0 unspecified atom stereocenters. The van der Waals surface area contributed by atoms with Crippen LogP contribution in [0.3, 0.4) is 0 Å². The Bertz CT molecular complexity index is 311. The maximum absolute atomic E-state index is 11.2. The van der Waals surface area contributed by atoms with E-state index in [0.717, 1.165) is 0 Å². The lowest BCUT2D eigenvalue weighted by Gasteiger charge is -2.06. The molecule has 0 saturated heterocycles. The number of carbonyl (C=O) groups is 1. The van der Waals surface area contributed by atoms with E-state index in [-0.39, 0.29) is 5.78 Å². The molecule has 0 fully saturated rings. The second-order valence-corrected chi connectivity index (χ2v) is 2.68. The van der Waals surface area contributed by atoms with Gasteiger partial charge in [0, 0.05) is 11.6 Å². The third-order valence-electron chi connectivity index (χ3n) is 1.82. The van der Waals surface area contributed by atoms with Gasteiger partial charge in [0.1, 0.15) is 18.1 Å². The first-order valence-electron chi connectivity index (χ1n) is 4.08. The van der Waals surface area contributed by atoms with E-state index < -0.39 is 6.61 Å². The molecule has 0 spiro atoms. The summed E-state index contributed by atoms with van der Waals surface area (Å²) in [6.07, 6.45) is 0. The SMILES string of the molecule is COc1cc(OC)cc(C(=O)CO)c1. The van der Waals surface area contributed by atoms with E-state index in [1.165, 1.54) is 14.2 Å². The van der Waals surface area contributed by atoms with Crippen molar-refractivity contribution in [1.82, 2.24) is 0 Å². The smallest absolute Gasteiger partial charge is 0.188 e. The molecular weight excluding hydrogens is 184 g/mol. The van der Waals surface area contributed by atoms with Crippen molar-refractivity contribution in [2.75, 3.05) is 20.8 Å². The summed E-state index contributed by atoms with van der Waals surface area (Å²) in [5.41, 5.74) is 0.378. The summed E-state index contributed by atoms with van der Waals surface area (Å²) in [5.74, 6) is 0.699. The average Bonchev–Trinajstić information content (AvgIpc) is 2.27. The van der Waals surface area contributed by atoms with Crippen LogP contribution in [0, 0.1) is 0 Å². The number of rotatable bonds is 4. The number of hydrogen-bond acceptors (Lipinski definition) is 4. The van der Waals surface area contributed by atoms with E-state index in [9.17, 15) is 4.79 Å². The molecule has 0 amide bonds. The normalized spacial score (nSPS) is 9.64. The van der Waals surface area contributed by atoms with Crippen LogP contribution in [0.1, 0.15) is 10.4 Å². The van der Waals surface area contributed by atoms with Crippen molar-refractivity contribution in [3.05, 3.63) is 23.8 Å². The number of aliphatic hydroxyl groups is 1. The largest absolute Gasteiger partial charge is 0.497 e. The Morgan fingerprint density at radius 2 is 1.71 bits per heavy atom. The van der Waals surface area contributed by atoms with Crippen LogP contribution in [0.15, 0.2) is 18.2 Å². The molecule has 76 valence electrons. The summed E-state index contributed by atoms with van der Waals surface area (Å²) in [7, 11) is 3.00. The molecule has 0 atom stereocenters. The van der Waals surface area contributed by atoms with Crippen molar-refractivity contribution in [3.63, 3.8) is 0 Å². The van der Waals surface area contributed by atoms with Gasteiger partial charge in [-0.15, -0.1) is 0 Å². The van der Waals surface area contributed by atoms with Gasteiger partial charge in [0.05, 0.1) is 14.2 Å². The van der Waals surface area contributed by atoms with Crippen molar-refractivity contribution in [2.24, 2.45) is 0 Å². The Hall–Kier alpha value is -1.55. The maximum atomic E-state index is 11.2. The second-order valence-electron chi connectivity index (χ2n) is 2.68. The van der Waals surface area contributed by atoms with E-state index >= 15 is 0 Å². The molecule has 14 heavy (non-hydrogen) atoms. The van der Waals surface area contributed by atoms with Gasteiger partial charge in [-0.05, 0) is 12.1 Å². The molecule has 0 heterocycles. The fourth-order valence-corrected chi connectivity index (χ4v) is 1.06. The fourth-order valence-electron chi connectivity index (χ4n) is 1.06. The van der Waals surface area contributed by atoms with Crippen LogP contribution in [0.5, 0.6) is 11.5 Å². The number of ether oxygens (including phenoxy) is 2. The van der Waals surface area contributed by atoms with E-state index in [1.807, 2.05) is 0 Å². The lowest BCUT2D eigenvalue weighted by Crippen LogP contribution is -2.04. The van der Waals surface area contributed by atoms with Gasteiger partial charge in [-0.1, -0.05) is 0 Å². The first-order chi connectivity index (χ1) is 6.71. The van der Waals surface area contributed by atoms with Crippen molar-refractivity contribution >= 4 is 5.78 Å². The Labute approximate surface area is 82.1 Å². The first kappa shape index (κ1) is 10.5. The highest BCUT2D eigenvalue weighted by Crippen LogP contribution is 2.22. The molecule has 1 aromatic carbocycles. The molecule has 0 aliphatic rings. The van der Waals surface area contributed by atoms with Crippen molar-refractivity contribution in [3.8, 4) is 11.5 Å². The Kier molecular flexibility index (Phi) is 3.48. The zero-order valence-electron chi connectivity index (χ0n) is 8.11. The molecule has 1 aromatic rings. The molecule has 0 bridgehead atoms. The van der Waals surface area contributed by atoms with Gasteiger partial charge in [-0.3, -0.25) is 4.79 Å². The molecule has 0 radical (unpaired) electrons. The highest BCUT2D eigenvalue weighted by Gasteiger charge is 2.08. The number of methoxy groups -OCH3 is 2. The molecule has 4 nitrogen and oxygen atoms in total. The minimum Gasteiger partial charge on any atom is -0.497 e. The number of benzene rings is 1. The average molecular weight is 196 g/mol. The lowest BCUT2D eigenvalue weighted by atomic mass is 10.1. The topological polar surface area (TPSA) is 55.8 Å². The summed E-state index contributed by atoms with van der Waals surface area (Å²) < 4.78 is 9.96. The van der Waals surface area contributed by atoms with Crippen LogP contribution in [0.25, 0.3) is 0 Å². The van der Waals surface area contributed by atoms with Gasteiger partial charge in [0.25, 0.3) is 0 Å². The molecule has 4 heteroatoms. The molecule has 0 aliphatic heterocycles. The summed E-state index contributed by atoms with van der Waals surface area (Å²) >= 11 is 0. The Morgan fingerprint density at radius 3 is 2.07 bits per heavy atom. The van der Waals surface area contributed by atoms with Crippen molar-refractivity contribution in [1.29, 1.82) is 0 Å². The minimum absolute atomic E-state index is 0.359. The summed E-state index contributed by atoms with van der Waals surface area (Å²) in [6.45, 7) is -0.518. The van der Waals surface area contributed by atoms with Gasteiger partial charge in [0.2, 0.25) is 0 Å². The maximum Gasteiger partial charge on any atom is 0.188 e. The van der Waals surface area contributed by atoms with E-state index in [4.69, 9.17) is 14.6 Å². The monoisotopic (exact) mass is 196 g/mol. The van der Waals surface area contributed by atoms with Gasteiger partial charge in [-0.25, -0.2) is 0 Å². The van der Waals surface area contributed by atoms with Crippen molar-refractivity contribution in [2.45, 2.75) is 0 Å². The third-order valence-corrected chi connectivity index (χ3v) is 1.82. The highest BCUT2D eigenvalue weighted by molar-refractivity contribution is 5.97. The summed E-state index contributed by atoms with van der Waals surface area (Å²) in [5, 5.41) is 8.68. The quantitative estimate of drug-likeness (QED) is 0.726. The van der Waals surface area contributed by atoms with E-state index in [0.29, 0.717) is 17.1 Å². The van der Waals surface area contributed by atoms with Gasteiger partial charge in [-0.2, -0.15) is 0 Å². The number of carbonyl (C=O) groups excluding carboxylic acids is 1. The fraction of sp³-hybridized carbons (Fsp3) is 0.300. The zero-order chi connectivity index (χ0) is 10.6. The molecular formula is C10H12O4. The van der Waals surface area contributed by atoms with Crippen LogP contribution in [-0.2, 0) is 0 Å². The summed E-state index contributed by atoms with van der Waals surface area (Å²) in [4.78, 5) is 11.2. The van der Waals surface area contributed by atoms with Gasteiger partial charge >= 0.3 is 0 Å². The predicted octanol–water partition coefficient (Wildman–Crippen LogP) is 0.879. The minimum atomic E-state index is -0.518. The standard InChI is InChI=1S/C10H12O4/c1-13-8-3-7(10(12)6-11)4-9(5-8)14-2/h3-5,11H,6H2,1-2H3. The lowest BCUT2D eigenvalue weighted by molar-refractivity contribution is 0.0903. The van der Waals surface area contributed by atoms with Gasteiger partial charge in [0.15, 0.2) is 5.78 Å². The molecule has 1 N–H and O–H groups in total. The second kappa shape index (κ2) is 4.62. The molecule has 1 rings (SSSR count). The number of ketones is 1. The Balaban J connectivity index is 3.10. The number of hydrogen-bond donors (Lipinski definition) is 1. The molecule has 0 saturated carbocycles. The van der Waals surface area contributed by atoms with Crippen LogP contribution in [0.4, 0.5) is 0 Å². The molecule has 0 aliphatic carbocycles. The predicted molar refractivity (Wildman–Crippen MR) is 51.0 cm³/mol. The van der Waals surface area contributed by atoms with Crippen LogP contribution >= 0.6 is 0 Å². The highest BCUT2D eigenvalue weighted by atomic mass is 16.5. The van der Waals surface area contributed by atoms with Crippen LogP contribution in [0.2, 0.25) is 0 Å². The zero-order valence-corrected chi connectivity index (χ0v) is 8.11. The molecule has 0 aromatic heterocycles. The Morgan fingerprint density at radius 1 is 1.21 bits per heavy atom. The first-order valence-corrected chi connectivity index (χ1v) is 4.08. The third kappa shape index (κ3) is 2.23. The van der Waals surface area contributed by atoms with Crippen molar-refractivity contribution < 1.29 is 19.4 Å². The van der Waals surface area contributed by atoms with Crippen LogP contribution < -0.4 is 9.47 Å². The van der Waals surface area contributed by atoms with E-state index in [2.05, 4.69) is 0 Å².